The van der Waals surface area contributed by atoms with E-state index >= 15 is 0 Å². The summed E-state index contributed by atoms with van der Waals surface area (Å²) in [5, 5.41) is 0. The highest BCUT2D eigenvalue weighted by molar-refractivity contribution is 9.15. The third kappa shape index (κ3) is 3.72. The number of carbonyl (C=O) groups excluding carboxylic acids is 2. The molecule has 0 bridgehead atoms. The molecule has 0 aliphatic rings. The zero-order valence-electron chi connectivity index (χ0n) is 10.5. The van der Waals surface area contributed by atoms with Crippen molar-refractivity contribution in [2.45, 2.75) is 0 Å². The van der Waals surface area contributed by atoms with E-state index in [2.05, 4.69) is 79.6 Å². The summed E-state index contributed by atoms with van der Waals surface area (Å²) in [6.07, 6.45) is 0. The van der Waals surface area contributed by atoms with Crippen LogP contribution < -0.4 is 0 Å². The van der Waals surface area contributed by atoms with Crippen molar-refractivity contribution in [3.05, 3.63) is 63.8 Å². The summed E-state index contributed by atoms with van der Waals surface area (Å²) in [5.74, 6) is -1.47. The van der Waals surface area contributed by atoms with Crippen LogP contribution in [0, 0.1) is 0 Å². The maximum atomic E-state index is 12.3. The van der Waals surface area contributed by atoms with Gasteiger partial charge in [-0.3, -0.25) is 0 Å². The van der Waals surface area contributed by atoms with Crippen molar-refractivity contribution in [1.29, 1.82) is 0 Å². The largest absolute Gasteiger partial charge is 0.386 e. The molecule has 2 rings (SSSR count). The van der Waals surface area contributed by atoms with Crippen molar-refractivity contribution in [3.63, 3.8) is 0 Å². The lowest BCUT2D eigenvalue weighted by atomic mass is 10.2. The zero-order valence-corrected chi connectivity index (χ0v) is 18.4. The van der Waals surface area contributed by atoms with Crippen LogP contribution in [0.5, 0.6) is 0 Å². The molecule has 114 valence electrons. The van der Waals surface area contributed by atoms with Gasteiger partial charge in [-0.15, -0.1) is 0 Å². The van der Waals surface area contributed by atoms with Gasteiger partial charge in [0.05, 0.1) is 11.1 Å². The molecule has 0 N–H and O–H groups in total. The predicted molar refractivity (Wildman–Crippen MR) is 101 cm³/mol. The first-order valence-corrected chi connectivity index (χ1v) is 9.64. The van der Waals surface area contributed by atoms with E-state index in [1.54, 1.807) is 30.3 Å². The summed E-state index contributed by atoms with van der Waals surface area (Å²) in [7, 11) is 0. The maximum absolute atomic E-state index is 12.3. The van der Waals surface area contributed by atoms with Gasteiger partial charge >= 0.3 is 11.9 Å². The number of hydrogen-bond acceptors (Lipinski definition) is 3. The minimum Gasteiger partial charge on any atom is -0.386 e. The quantitative estimate of drug-likeness (QED) is 0.167. The Morgan fingerprint density at radius 1 is 0.682 bits per heavy atom. The van der Waals surface area contributed by atoms with Crippen molar-refractivity contribution >= 4 is 91.6 Å². The number of esters is 2. The molecule has 0 atom stereocenters. The number of carbonyl (C=O) groups is 2. The van der Waals surface area contributed by atoms with Crippen LogP contribution in [-0.4, -0.2) is 11.9 Å². The Balaban J connectivity index is 2.37. The Labute approximate surface area is 168 Å². The first kappa shape index (κ1) is 18.3. The fraction of sp³-hybridized carbons (Fsp3) is 0. The van der Waals surface area contributed by atoms with Gasteiger partial charge in [0, 0.05) is 22.4 Å². The van der Waals surface area contributed by atoms with Crippen molar-refractivity contribution in [2.75, 3.05) is 0 Å². The lowest BCUT2D eigenvalue weighted by Crippen LogP contribution is -2.14. The lowest BCUT2D eigenvalue weighted by Gasteiger charge is -2.12. The van der Waals surface area contributed by atoms with Gasteiger partial charge in [-0.2, -0.15) is 0 Å². The molecule has 22 heavy (non-hydrogen) atoms. The minimum absolute atomic E-state index is 0.200. The molecule has 0 heterocycles. The summed E-state index contributed by atoms with van der Waals surface area (Å²) in [6, 6.07) is 8.31. The second-order valence-electron chi connectivity index (χ2n) is 3.99. The van der Waals surface area contributed by atoms with Gasteiger partial charge in [-0.1, -0.05) is 18.2 Å². The zero-order chi connectivity index (χ0) is 16.4. The second kappa shape index (κ2) is 7.70. The van der Waals surface area contributed by atoms with E-state index < -0.39 is 11.9 Å². The Morgan fingerprint density at radius 3 is 1.64 bits per heavy atom. The lowest BCUT2D eigenvalue weighted by molar-refractivity contribution is 0.0396. The number of halogens is 5. The summed E-state index contributed by atoms with van der Waals surface area (Å²) >= 11 is 16.7. The summed E-state index contributed by atoms with van der Waals surface area (Å²) in [4.78, 5) is 24.3. The monoisotopic (exact) mass is 616 g/mol. The van der Waals surface area contributed by atoms with E-state index in [9.17, 15) is 9.59 Å². The first-order chi connectivity index (χ1) is 10.3. The van der Waals surface area contributed by atoms with Crippen LogP contribution in [0.4, 0.5) is 0 Å². The molecule has 2 aromatic rings. The van der Waals surface area contributed by atoms with Crippen molar-refractivity contribution in [1.82, 2.24) is 0 Å². The minimum atomic E-state index is -0.762. The third-order valence-electron chi connectivity index (χ3n) is 2.61. The average molecular weight is 621 g/mol. The molecule has 2 aromatic carbocycles. The smallest absolute Gasteiger partial charge is 0.348 e. The van der Waals surface area contributed by atoms with E-state index in [1.165, 1.54) is 0 Å². The van der Waals surface area contributed by atoms with Crippen molar-refractivity contribution in [2.24, 2.45) is 0 Å². The van der Waals surface area contributed by atoms with E-state index in [-0.39, 0.29) is 5.56 Å². The van der Waals surface area contributed by atoms with Gasteiger partial charge in [-0.05, 0) is 91.8 Å². The van der Waals surface area contributed by atoms with E-state index in [4.69, 9.17) is 4.74 Å². The van der Waals surface area contributed by atoms with Crippen LogP contribution >= 0.6 is 79.6 Å². The number of hydrogen-bond donors (Lipinski definition) is 0. The van der Waals surface area contributed by atoms with Crippen LogP contribution in [0.15, 0.2) is 52.7 Å². The van der Waals surface area contributed by atoms with E-state index in [0.717, 1.165) is 4.47 Å². The van der Waals surface area contributed by atoms with Gasteiger partial charge in [0.25, 0.3) is 0 Å². The highest BCUT2D eigenvalue weighted by atomic mass is 79.9. The summed E-state index contributed by atoms with van der Waals surface area (Å²) in [6.45, 7) is 0. The molecule has 3 nitrogen and oxygen atoms in total. The topological polar surface area (TPSA) is 43.4 Å². The molecule has 0 aliphatic heterocycles. The standard InChI is InChI=1S/C14H5Br5O3/c15-8-7(9(16)11(18)12(19)10(8)17)14(21)22-13(20)6-4-2-1-3-5-6/h1-5H. The SMILES string of the molecule is O=C(OC(=O)c1c(Br)c(Br)c(Br)c(Br)c1Br)c1ccccc1. The molecule has 0 amide bonds. The summed E-state index contributed by atoms with van der Waals surface area (Å²) < 4.78 is 7.86. The normalized spacial score (nSPS) is 10.4. The molecule has 0 aliphatic carbocycles. The molecule has 0 radical (unpaired) electrons. The number of benzene rings is 2. The Morgan fingerprint density at radius 2 is 1.14 bits per heavy atom. The van der Waals surface area contributed by atoms with Crippen LogP contribution in [0.3, 0.4) is 0 Å². The highest BCUT2D eigenvalue weighted by Crippen LogP contribution is 2.44. The maximum Gasteiger partial charge on any atom is 0.348 e. The number of ether oxygens (including phenoxy) is 1. The molecule has 0 saturated carbocycles. The molecule has 0 spiro atoms. The average Bonchev–Trinajstić information content (AvgIpc) is 2.52. The Kier molecular flexibility index (Phi) is 6.41. The van der Waals surface area contributed by atoms with Crippen LogP contribution in [-0.2, 0) is 4.74 Å². The van der Waals surface area contributed by atoms with Gasteiger partial charge < -0.3 is 4.74 Å². The van der Waals surface area contributed by atoms with Gasteiger partial charge in [0.15, 0.2) is 0 Å². The van der Waals surface area contributed by atoms with Crippen molar-refractivity contribution in [3.8, 4) is 0 Å². The molecule has 0 saturated heterocycles. The van der Waals surface area contributed by atoms with Gasteiger partial charge in [0.2, 0.25) is 0 Å². The van der Waals surface area contributed by atoms with Crippen LogP contribution in [0.2, 0.25) is 0 Å². The molecule has 0 aromatic heterocycles. The van der Waals surface area contributed by atoms with Gasteiger partial charge in [0.1, 0.15) is 0 Å². The third-order valence-corrected chi connectivity index (χ3v) is 8.70. The predicted octanol–water partition coefficient (Wildman–Crippen LogP) is 6.50. The fourth-order valence-electron chi connectivity index (χ4n) is 1.55. The van der Waals surface area contributed by atoms with Crippen LogP contribution in [0.1, 0.15) is 20.7 Å². The van der Waals surface area contributed by atoms with Gasteiger partial charge in [-0.25, -0.2) is 9.59 Å². The Bertz CT molecular complexity index is 730. The highest BCUT2D eigenvalue weighted by Gasteiger charge is 2.25. The molecule has 0 unspecified atom stereocenters. The summed E-state index contributed by atoms with van der Waals surface area (Å²) in [5.41, 5.74) is 0.504. The molecular weight excluding hydrogens is 616 g/mol. The molecular formula is C14H5Br5O3. The van der Waals surface area contributed by atoms with E-state index in [1.807, 2.05) is 0 Å². The molecule has 0 fully saturated rings. The Hall–Kier alpha value is -0.0200. The fourth-order valence-corrected chi connectivity index (χ4v) is 4.92. The van der Waals surface area contributed by atoms with Crippen LogP contribution in [0.25, 0.3) is 0 Å². The second-order valence-corrected chi connectivity index (χ2v) is 7.95. The van der Waals surface area contributed by atoms with Crippen molar-refractivity contribution < 1.29 is 14.3 Å². The first-order valence-electron chi connectivity index (χ1n) is 5.67. The molecule has 8 heteroatoms. The van der Waals surface area contributed by atoms with E-state index in [0.29, 0.717) is 23.5 Å². The number of rotatable bonds is 2.